The summed E-state index contributed by atoms with van der Waals surface area (Å²) in [5.41, 5.74) is 0. The lowest BCUT2D eigenvalue weighted by Crippen LogP contribution is -2.29. The molecule has 1 nitrogen and oxygen atoms in total. The van der Waals surface area contributed by atoms with Crippen molar-refractivity contribution in [2.24, 2.45) is 29.6 Å². The predicted octanol–water partition coefficient (Wildman–Crippen LogP) is 6.39. The number of rotatable bonds is 3. The zero-order valence-corrected chi connectivity index (χ0v) is 15.1. The van der Waals surface area contributed by atoms with E-state index in [9.17, 15) is 0 Å². The molecule has 3 rings (SSSR count). The van der Waals surface area contributed by atoms with Crippen molar-refractivity contribution in [1.29, 1.82) is 5.26 Å². The van der Waals surface area contributed by atoms with Gasteiger partial charge < -0.3 is 0 Å². The lowest BCUT2D eigenvalue weighted by atomic mass is 9.66. The first-order valence-electron chi connectivity index (χ1n) is 9.81. The Morgan fingerprint density at radius 1 is 0.636 bits per heavy atom. The third kappa shape index (κ3) is 4.22. The van der Waals surface area contributed by atoms with Crippen molar-refractivity contribution in [3.8, 4) is 5.40 Å². The first-order chi connectivity index (χ1) is 10.8. The molecule has 0 N–H and O–H groups in total. The molecular weight excluding hydrogens is 286 g/mol. The summed E-state index contributed by atoms with van der Waals surface area (Å²) in [6, 6.07) is 0. The molecule has 3 aliphatic carbocycles. The second-order valence-electron chi connectivity index (χ2n) is 8.44. The van der Waals surface area contributed by atoms with Crippen LogP contribution in [0.1, 0.15) is 84.0 Å². The van der Waals surface area contributed by atoms with Gasteiger partial charge in [0.1, 0.15) is 5.40 Å². The van der Waals surface area contributed by atoms with Crippen LogP contribution in [0.3, 0.4) is 0 Å². The Morgan fingerprint density at radius 3 is 1.41 bits per heavy atom. The number of nitrogens with zero attached hydrogens (tertiary/aromatic N) is 1. The topological polar surface area (TPSA) is 23.8 Å². The third-order valence-corrected chi connectivity index (χ3v) is 8.06. The number of hydrogen-bond acceptors (Lipinski definition) is 2. The van der Waals surface area contributed by atoms with E-state index in [-0.39, 0.29) is 0 Å². The highest BCUT2D eigenvalue weighted by Crippen LogP contribution is 2.46. The van der Waals surface area contributed by atoms with Crippen LogP contribution in [0.25, 0.3) is 0 Å². The Bertz CT molecular complexity index is 364. The molecule has 0 aromatic rings. The Morgan fingerprint density at radius 2 is 1.00 bits per heavy atom. The van der Waals surface area contributed by atoms with Crippen molar-refractivity contribution < 1.29 is 0 Å². The Balaban J connectivity index is 1.40. The summed E-state index contributed by atoms with van der Waals surface area (Å²) in [7, 11) is 0. The fourth-order valence-corrected chi connectivity index (χ4v) is 6.25. The molecule has 124 valence electrons. The highest BCUT2D eigenvalue weighted by Gasteiger charge is 2.34. The molecule has 2 heteroatoms. The van der Waals surface area contributed by atoms with Gasteiger partial charge in [-0.1, -0.05) is 19.8 Å². The molecule has 0 atom stereocenters. The highest BCUT2D eigenvalue weighted by atomic mass is 32.2. The van der Waals surface area contributed by atoms with Gasteiger partial charge in [0.2, 0.25) is 0 Å². The van der Waals surface area contributed by atoms with Crippen molar-refractivity contribution in [2.45, 2.75) is 89.2 Å². The molecule has 0 aromatic heterocycles. The van der Waals surface area contributed by atoms with Crippen LogP contribution in [-0.4, -0.2) is 5.25 Å². The minimum absolute atomic E-state index is 0.641. The summed E-state index contributed by atoms with van der Waals surface area (Å²) in [5.74, 6) is 5.14. The van der Waals surface area contributed by atoms with Gasteiger partial charge in [-0.25, -0.2) is 0 Å². The Labute approximate surface area is 141 Å². The average molecular weight is 320 g/mol. The van der Waals surface area contributed by atoms with E-state index in [1.54, 1.807) is 0 Å². The zero-order valence-electron chi connectivity index (χ0n) is 14.3. The molecular formula is C20H33NS. The van der Waals surface area contributed by atoms with Crippen molar-refractivity contribution >= 4 is 11.8 Å². The summed E-state index contributed by atoms with van der Waals surface area (Å²) in [5, 5.41) is 11.7. The fourth-order valence-electron chi connectivity index (χ4n) is 5.60. The summed E-state index contributed by atoms with van der Waals surface area (Å²) >= 11 is 1.53. The molecule has 0 saturated heterocycles. The van der Waals surface area contributed by atoms with Crippen LogP contribution < -0.4 is 0 Å². The van der Waals surface area contributed by atoms with Crippen molar-refractivity contribution in [1.82, 2.24) is 0 Å². The molecule has 3 aliphatic rings. The van der Waals surface area contributed by atoms with Gasteiger partial charge in [-0.2, -0.15) is 5.26 Å². The minimum atomic E-state index is 0.641. The average Bonchev–Trinajstić information content (AvgIpc) is 2.57. The summed E-state index contributed by atoms with van der Waals surface area (Å²) in [6.45, 7) is 2.44. The van der Waals surface area contributed by atoms with Crippen LogP contribution in [0.5, 0.6) is 0 Å². The predicted molar refractivity (Wildman–Crippen MR) is 95.5 cm³/mol. The van der Waals surface area contributed by atoms with Gasteiger partial charge in [0.25, 0.3) is 0 Å². The van der Waals surface area contributed by atoms with Gasteiger partial charge in [0, 0.05) is 5.25 Å². The number of thiocyanates is 1. The quantitative estimate of drug-likeness (QED) is 0.562. The molecule has 0 aliphatic heterocycles. The largest absolute Gasteiger partial charge is 0.185 e. The van der Waals surface area contributed by atoms with E-state index in [4.69, 9.17) is 5.26 Å². The van der Waals surface area contributed by atoms with Gasteiger partial charge >= 0.3 is 0 Å². The van der Waals surface area contributed by atoms with E-state index >= 15 is 0 Å². The van der Waals surface area contributed by atoms with Gasteiger partial charge in [-0.15, -0.1) is 0 Å². The monoisotopic (exact) mass is 319 g/mol. The molecule has 3 fully saturated rings. The standard InChI is InChI=1S/C20H33NS/c1-15-2-4-16(5-3-15)17-6-8-18(9-7-17)19-10-12-20(13-11-19)22-14-21/h15-20H,2-13H2,1H3. The summed E-state index contributed by atoms with van der Waals surface area (Å²) < 4.78 is 0. The molecule has 0 radical (unpaired) electrons. The number of thioether (sulfide) groups is 1. The molecule has 0 amide bonds. The molecule has 0 spiro atoms. The van der Waals surface area contributed by atoms with Crippen molar-refractivity contribution in [2.75, 3.05) is 0 Å². The smallest absolute Gasteiger partial charge is 0.133 e. The molecule has 0 aromatic carbocycles. The van der Waals surface area contributed by atoms with E-state index in [0.717, 1.165) is 29.6 Å². The van der Waals surface area contributed by atoms with Crippen LogP contribution in [0.15, 0.2) is 0 Å². The maximum absolute atomic E-state index is 8.82. The van der Waals surface area contributed by atoms with Gasteiger partial charge in [0.05, 0.1) is 0 Å². The molecule has 0 unspecified atom stereocenters. The first kappa shape index (κ1) is 16.7. The SMILES string of the molecule is CC1CCC(C2CCC(C3CCC(SC#N)CC3)CC2)CC1. The summed E-state index contributed by atoms with van der Waals surface area (Å²) in [6.07, 6.45) is 17.5. The maximum Gasteiger partial charge on any atom is 0.133 e. The first-order valence-corrected chi connectivity index (χ1v) is 10.7. The normalized spacial score (nSPS) is 43.5. The van der Waals surface area contributed by atoms with Gasteiger partial charge in [-0.05, 0) is 106 Å². The third-order valence-electron chi connectivity index (χ3n) is 7.15. The zero-order chi connectivity index (χ0) is 15.4. The molecule has 0 heterocycles. The lowest BCUT2D eigenvalue weighted by Gasteiger charge is -2.41. The lowest BCUT2D eigenvalue weighted by molar-refractivity contribution is 0.115. The van der Waals surface area contributed by atoms with E-state index < -0.39 is 0 Å². The van der Waals surface area contributed by atoms with Crippen LogP contribution in [0.2, 0.25) is 0 Å². The van der Waals surface area contributed by atoms with E-state index in [1.807, 2.05) is 0 Å². The Hall–Kier alpha value is -0.160. The van der Waals surface area contributed by atoms with Gasteiger partial charge in [0.15, 0.2) is 0 Å². The fraction of sp³-hybridized carbons (Fsp3) is 0.950. The van der Waals surface area contributed by atoms with E-state index in [0.29, 0.717) is 5.25 Å². The maximum atomic E-state index is 8.82. The number of hydrogen-bond donors (Lipinski definition) is 0. The van der Waals surface area contributed by atoms with Crippen molar-refractivity contribution in [3.63, 3.8) is 0 Å². The van der Waals surface area contributed by atoms with E-state index in [1.165, 1.54) is 88.8 Å². The number of nitriles is 1. The summed E-state index contributed by atoms with van der Waals surface area (Å²) in [4.78, 5) is 0. The van der Waals surface area contributed by atoms with Crippen LogP contribution in [-0.2, 0) is 0 Å². The Kier molecular flexibility index (Phi) is 6.14. The molecule has 3 saturated carbocycles. The van der Waals surface area contributed by atoms with Crippen LogP contribution in [0.4, 0.5) is 0 Å². The van der Waals surface area contributed by atoms with Crippen LogP contribution in [0, 0.1) is 40.3 Å². The second-order valence-corrected chi connectivity index (χ2v) is 9.53. The van der Waals surface area contributed by atoms with Crippen molar-refractivity contribution in [3.05, 3.63) is 0 Å². The molecule has 0 bridgehead atoms. The highest BCUT2D eigenvalue weighted by molar-refractivity contribution is 8.04. The molecule has 22 heavy (non-hydrogen) atoms. The second kappa shape index (κ2) is 8.09. The van der Waals surface area contributed by atoms with Gasteiger partial charge in [-0.3, -0.25) is 0 Å². The van der Waals surface area contributed by atoms with E-state index in [2.05, 4.69) is 12.3 Å². The van der Waals surface area contributed by atoms with Crippen LogP contribution >= 0.6 is 11.8 Å². The minimum Gasteiger partial charge on any atom is -0.185 e.